The van der Waals surface area contributed by atoms with Crippen LogP contribution in [0.1, 0.15) is 63.9 Å². The average molecular weight is 442 g/mol. The number of carbonyl (C=O) groups is 1. The number of hydrogen-bond acceptors (Lipinski definition) is 4. The standard InChI is InChI=1S/C23H24ClN3O4/c1-12(2)19-20(21(28)17-6-13(3)7-18(24)10-17)26(23(30)25-22(19)29)11-16-8-14(4)27(31)15(5)9-16/h6-10,12H,11H2,1-5H3,(H,25,29,30). The van der Waals surface area contributed by atoms with Gasteiger partial charge in [-0.1, -0.05) is 25.4 Å². The molecule has 0 saturated heterocycles. The summed E-state index contributed by atoms with van der Waals surface area (Å²) in [6.07, 6.45) is 0. The summed E-state index contributed by atoms with van der Waals surface area (Å²) in [5.41, 5.74) is 1.66. The number of carbonyl (C=O) groups excluding carboxylic acids is 1. The molecule has 0 aliphatic carbocycles. The van der Waals surface area contributed by atoms with Crippen molar-refractivity contribution in [2.45, 2.75) is 47.1 Å². The van der Waals surface area contributed by atoms with Gasteiger partial charge in [-0.2, -0.15) is 4.73 Å². The lowest BCUT2D eigenvalue weighted by Gasteiger charge is -2.18. The predicted molar refractivity (Wildman–Crippen MR) is 119 cm³/mol. The van der Waals surface area contributed by atoms with Gasteiger partial charge in [0.25, 0.3) is 5.56 Å². The van der Waals surface area contributed by atoms with E-state index in [0.29, 0.717) is 27.5 Å². The number of halogens is 1. The first-order chi connectivity index (χ1) is 14.5. The summed E-state index contributed by atoms with van der Waals surface area (Å²) in [7, 11) is 0. The molecular formula is C23H24ClN3O4. The Kier molecular flexibility index (Phi) is 6.18. The molecule has 0 spiro atoms. The van der Waals surface area contributed by atoms with Gasteiger partial charge in [0.2, 0.25) is 5.78 Å². The molecule has 8 heteroatoms. The van der Waals surface area contributed by atoms with E-state index < -0.39 is 17.0 Å². The number of aromatic nitrogens is 3. The van der Waals surface area contributed by atoms with Crippen LogP contribution in [0.15, 0.2) is 39.9 Å². The van der Waals surface area contributed by atoms with Crippen LogP contribution in [-0.2, 0) is 6.54 Å². The first-order valence-corrected chi connectivity index (χ1v) is 10.3. The number of nitrogens with one attached hydrogen (secondary N) is 1. The van der Waals surface area contributed by atoms with Crippen LogP contribution in [0.4, 0.5) is 0 Å². The molecule has 0 atom stereocenters. The van der Waals surface area contributed by atoms with Gasteiger partial charge >= 0.3 is 5.69 Å². The molecule has 2 aromatic heterocycles. The van der Waals surface area contributed by atoms with Crippen molar-refractivity contribution >= 4 is 17.4 Å². The SMILES string of the molecule is Cc1cc(Cl)cc(C(=O)c2c(C(C)C)c(=O)[nH]c(=O)n2Cc2cc(C)[n+]([O-])c(C)c2)c1. The van der Waals surface area contributed by atoms with Crippen molar-refractivity contribution in [3.8, 4) is 0 Å². The van der Waals surface area contributed by atoms with E-state index in [4.69, 9.17) is 11.6 Å². The Morgan fingerprint density at radius 1 is 1.10 bits per heavy atom. The van der Waals surface area contributed by atoms with E-state index in [2.05, 4.69) is 4.98 Å². The summed E-state index contributed by atoms with van der Waals surface area (Å²) < 4.78 is 2.05. The molecule has 0 unspecified atom stereocenters. The van der Waals surface area contributed by atoms with Gasteiger partial charge in [-0.15, -0.1) is 0 Å². The third kappa shape index (κ3) is 4.46. The Labute approximate surface area is 184 Å². The number of hydrogen-bond donors (Lipinski definition) is 1. The first-order valence-electron chi connectivity index (χ1n) is 9.88. The third-order valence-corrected chi connectivity index (χ3v) is 5.32. The number of H-pyrrole nitrogens is 1. The van der Waals surface area contributed by atoms with Crippen LogP contribution in [0.2, 0.25) is 5.02 Å². The lowest BCUT2D eigenvalue weighted by molar-refractivity contribution is -0.619. The Morgan fingerprint density at radius 2 is 1.71 bits per heavy atom. The molecule has 7 nitrogen and oxygen atoms in total. The van der Waals surface area contributed by atoms with Crippen LogP contribution in [-0.4, -0.2) is 15.3 Å². The van der Waals surface area contributed by atoms with E-state index in [0.717, 1.165) is 10.3 Å². The number of aromatic amines is 1. The molecule has 3 rings (SSSR count). The largest absolute Gasteiger partial charge is 0.618 e. The lowest BCUT2D eigenvalue weighted by Crippen LogP contribution is -2.39. The van der Waals surface area contributed by atoms with Crippen molar-refractivity contribution in [2.24, 2.45) is 0 Å². The van der Waals surface area contributed by atoms with Gasteiger partial charge in [-0.3, -0.25) is 19.1 Å². The Balaban J connectivity index is 2.29. The van der Waals surface area contributed by atoms with E-state index in [-0.39, 0.29) is 23.7 Å². The fraction of sp³-hybridized carbons (Fsp3) is 0.304. The minimum absolute atomic E-state index is 0.0263. The van der Waals surface area contributed by atoms with Gasteiger partial charge in [-0.05, 0) is 42.2 Å². The van der Waals surface area contributed by atoms with E-state index in [9.17, 15) is 19.6 Å². The molecule has 0 saturated carbocycles. The number of nitrogens with zero attached hydrogens (tertiary/aromatic N) is 2. The number of ketones is 1. The Hall–Kier alpha value is -3.19. The van der Waals surface area contributed by atoms with Crippen molar-refractivity contribution in [1.82, 2.24) is 9.55 Å². The zero-order chi connectivity index (χ0) is 23.0. The van der Waals surface area contributed by atoms with Crippen molar-refractivity contribution in [1.29, 1.82) is 0 Å². The van der Waals surface area contributed by atoms with Crippen LogP contribution in [0, 0.1) is 26.0 Å². The molecule has 0 aliphatic rings. The monoisotopic (exact) mass is 441 g/mol. The van der Waals surface area contributed by atoms with E-state index in [1.54, 1.807) is 52.0 Å². The fourth-order valence-electron chi connectivity index (χ4n) is 3.77. The van der Waals surface area contributed by atoms with Crippen LogP contribution in [0.25, 0.3) is 0 Å². The minimum Gasteiger partial charge on any atom is -0.618 e. The summed E-state index contributed by atoms with van der Waals surface area (Å²) in [6, 6.07) is 8.23. The molecule has 1 N–H and O–H groups in total. The predicted octanol–water partition coefficient (Wildman–Crippen LogP) is 3.15. The summed E-state index contributed by atoms with van der Waals surface area (Å²) in [5.74, 6) is -0.765. The molecule has 3 aromatic rings. The van der Waals surface area contributed by atoms with Crippen LogP contribution >= 0.6 is 11.6 Å². The van der Waals surface area contributed by atoms with Crippen LogP contribution in [0.5, 0.6) is 0 Å². The molecule has 0 bridgehead atoms. The van der Waals surface area contributed by atoms with Gasteiger partial charge in [0, 0.05) is 42.1 Å². The normalized spacial score (nSPS) is 11.2. The molecular weight excluding hydrogens is 418 g/mol. The molecule has 0 radical (unpaired) electrons. The molecule has 2 heterocycles. The van der Waals surface area contributed by atoms with E-state index in [1.807, 2.05) is 6.92 Å². The highest BCUT2D eigenvalue weighted by molar-refractivity contribution is 6.31. The number of rotatable bonds is 5. The summed E-state index contributed by atoms with van der Waals surface area (Å²) in [6.45, 7) is 8.75. The number of pyridine rings is 1. The summed E-state index contributed by atoms with van der Waals surface area (Å²) in [4.78, 5) is 41.3. The second-order valence-corrected chi connectivity index (χ2v) is 8.49. The first kappa shape index (κ1) is 22.5. The van der Waals surface area contributed by atoms with Crippen molar-refractivity contribution < 1.29 is 9.52 Å². The highest BCUT2D eigenvalue weighted by Crippen LogP contribution is 2.22. The Bertz CT molecular complexity index is 1260. The highest BCUT2D eigenvalue weighted by Gasteiger charge is 2.25. The number of benzene rings is 1. The van der Waals surface area contributed by atoms with Crippen molar-refractivity contribution in [3.63, 3.8) is 0 Å². The maximum absolute atomic E-state index is 13.6. The molecule has 0 aliphatic heterocycles. The van der Waals surface area contributed by atoms with Crippen molar-refractivity contribution in [2.75, 3.05) is 0 Å². The fourth-order valence-corrected chi connectivity index (χ4v) is 4.06. The molecule has 31 heavy (non-hydrogen) atoms. The summed E-state index contributed by atoms with van der Waals surface area (Å²) >= 11 is 6.15. The quantitative estimate of drug-likeness (QED) is 0.373. The van der Waals surface area contributed by atoms with Gasteiger partial charge in [-0.25, -0.2) is 4.79 Å². The summed E-state index contributed by atoms with van der Waals surface area (Å²) in [5, 5.41) is 12.4. The second kappa shape index (κ2) is 8.51. The van der Waals surface area contributed by atoms with E-state index >= 15 is 0 Å². The lowest BCUT2D eigenvalue weighted by atomic mass is 9.96. The van der Waals surface area contributed by atoms with Crippen LogP contribution < -0.4 is 16.0 Å². The topological polar surface area (TPSA) is 98.9 Å². The van der Waals surface area contributed by atoms with Crippen molar-refractivity contribution in [3.05, 3.63) is 101 Å². The van der Waals surface area contributed by atoms with Gasteiger partial charge < -0.3 is 5.21 Å². The van der Waals surface area contributed by atoms with Crippen LogP contribution in [0.3, 0.4) is 0 Å². The zero-order valence-corrected chi connectivity index (χ0v) is 18.8. The zero-order valence-electron chi connectivity index (χ0n) is 18.1. The number of aryl methyl sites for hydroxylation is 3. The third-order valence-electron chi connectivity index (χ3n) is 5.10. The molecule has 0 amide bonds. The smallest absolute Gasteiger partial charge is 0.329 e. The molecule has 1 aromatic carbocycles. The van der Waals surface area contributed by atoms with Gasteiger partial charge in [0.15, 0.2) is 11.4 Å². The molecule has 0 fully saturated rings. The van der Waals surface area contributed by atoms with E-state index in [1.165, 1.54) is 10.6 Å². The maximum atomic E-state index is 13.6. The molecule has 162 valence electrons. The minimum atomic E-state index is -0.689. The second-order valence-electron chi connectivity index (χ2n) is 8.05. The highest BCUT2D eigenvalue weighted by atomic mass is 35.5. The van der Waals surface area contributed by atoms with Gasteiger partial charge in [0.05, 0.1) is 6.54 Å². The average Bonchev–Trinajstić information content (AvgIpc) is 2.66. The van der Waals surface area contributed by atoms with Gasteiger partial charge in [0.1, 0.15) is 5.69 Å². The Morgan fingerprint density at radius 3 is 2.26 bits per heavy atom. The maximum Gasteiger partial charge on any atom is 0.329 e.